The fourth-order valence-electron chi connectivity index (χ4n) is 1.92. The number of anilines is 1. The molecule has 0 aliphatic carbocycles. The van der Waals surface area contributed by atoms with Crippen molar-refractivity contribution in [2.45, 2.75) is 6.92 Å². The second kappa shape index (κ2) is 8.16. The maximum atomic E-state index is 11.9. The van der Waals surface area contributed by atoms with Gasteiger partial charge in [0.15, 0.2) is 11.7 Å². The molecule has 0 aliphatic rings. The summed E-state index contributed by atoms with van der Waals surface area (Å²) >= 11 is 5.06. The van der Waals surface area contributed by atoms with Crippen molar-refractivity contribution in [3.8, 4) is 17.2 Å². The van der Waals surface area contributed by atoms with E-state index < -0.39 is 5.91 Å². The third-order valence-electron chi connectivity index (χ3n) is 3.16. The van der Waals surface area contributed by atoms with E-state index in [1.165, 1.54) is 13.2 Å². The summed E-state index contributed by atoms with van der Waals surface area (Å²) < 4.78 is 10.5. The molecular weight excluding hydrogens is 328 g/mol. The number of hydrogen-bond acceptors (Lipinski definition) is 5. The van der Waals surface area contributed by atoms with Gasteiger partial charge in [0.25, 0.3) is 5.91 Å². The predicted octanol–water partition coefficient (Wildman–Crippen LogP) is 2.60. The molecule has 0 saturated heterocycles. The van der Waals surface area contributed by atoms with Gasteiger partial charge in [-0.05, 0) is 42.9 Å². The molecule has 0 unspecified atom stereocenters. The lowest BCUT2D eigenvalue weighted by Crippen LogP contribution is -2.37. The molecule has 24 heavy (non-hydrogen) atoms. The van der Waals surface area contributed by atoms with Gasteiger partial charge in [0.1, 0.15) is 17.2 Å². The molecule has 126 valence electrons. The van der Waals surface area contributed by atoms with Gasteiger partial charge in [-0.1, -0.05) is 18.2 Å². The number of carbonyl (C=O) groups excluding carboxylic acids is 1. The molecule has 6 nitrogen and oxygen atoms in total. The Morgan fingerprint density at radius 1 is 1.25 bits per heavy atom. The summed E-state index contributed by atoms with van der Waals surface area (Å²) in [7, 11) is 1.51. The number of carbonyl (C=O) groups is 1. The molecule has 0 saturated carbocycles. The van der Waals surface area contributed by atoms with E-state index in [1.807, 2.05) is 25.1 Å². The fourth-order valence-corrected chi connectivity index (χ4v) is 2.14. The number of methoxy groups -OCH3 is 1. The number of rotatable bonds is 5. The van der Waals surface area contributed by atoms with Crippen molar-refractivity contribution in [1.82, 2.24) is 5.32 Å². The van der Waals surface area contributed by atoms with Crippen LogP contribution in [0.25, 0.3) is 0 Å². The largest absolute Gasteiger partial charge is 0.506 e. The first-order chi connectivity index (χ1) is 11.5. The number of phenolic OH excluding ortho intramolecular Hbond substituents is 1. The van der Waals surface area contributed by atoms with Crippen LogP contribution in [0.1, 0.15) is 5.56 Å². The van der Waals surface area contributed by atoms with Crippen LogP contribution in [0.2, 0.25) is 0 Å². The number of benzene rings is 2. The fraction of sp³-hybridized carbons (Fsp3) is 0.176. The van der Waals surface area contributed by atoms with Gasteiger partial charge in [0.2, 0.25) is 0 Å². The third kappa shape index (κ3) is 4.85. The minimum atomic E-state index is -0.405. The number of ether oxygens (including phenoxy) is 2. The summed E-state index contributed by atoms with van der Waals surface area (Å²) in [6.07, 6.45) is 0. The second-order valence-corrected chi connectivity index (χ2v) is 5.35. The van der Waals surface area contributed by atoms with Crippen molar-refractivity contribution < 1.29 is 19.4 Å². The second-order valence-electron chi connectivity index (χ2n) is 4.94. The van der Waals surface area contributed by atoms with Crippen molar-refractivity contribution in [3.05, 3.63) is 48.0 Å². The van der Waals surface area contributed by atoms with Crippen LogP contribution in [0.5, 0.6) is 17.2 Å². The van der Waals surface area contributed by atoms with Crippen molar-refractivity contribution in [2.24, 2.45) is 0 Å². The highest BCUT2D eigenvalue weighted by Gasteiger charge is 2.09. The van der Waals surface area contributed by atoms with Crippen LogP contribution in [-0.2, 0) is 4.79 Å². The Labute approximate surface area is 145 Å². The lowest BCUT2D eigenvalue weighted by molar-refractivity contribution is -0.121. The first-order valence-electron chi connectivity index (χ1n) is 7.16. The SMILES string of the molecule is COc1ccc(O)c(NC(=S)NC(=O)COc2ccccc2C)c1. The van der Waals surface area contributed by atoms with E-state index in [1.54, 1.807) is 18.2 Å². The van der Waals surface area contributed by atoms with Crippen LogP contribution in [0.4, 0.5) is 5.69 Å². The molecule has 0 fully saturated rings. The maximum Gasteiger partial charge on any atom is 0.264 e. The van der Waals surface area contributed by atoms with Crippen molar-refractivity contribution >= 4 is 28.9 Å². The average molecular weight is 346 g/mol. The molecule has 3 N–H and O–H groups in total. The van der Waals surface area contributed by atoms with Gasteiger partial charge in [-0.25, -0.2) is 0 Å². The summed E-state index contributed by atoms with van der Waals surface area (Å²) in [4.78, 5) is 11.9. The zero-order valence-electron chi connectivity index (χ0n) is 13.3. The molecule has 0 aliphatic heterocycles. The first kappa shape index (κ1) is 17.6. The number of hydrogen-bond donors (Lipinski definition) is 3. The van der Waals surface area contributed by atoms with Crippen LogP contribution in [0, 0.1) is 6.92 Å². The molecule has 2 aromatic carbocycles. The molecule has 0 spiro atoms. The molecule has 1 amide bonds. The number of para-hydroxylation sites is 1. The molecule has 0 bridgehead atoms. The molecule has 0 atom stereocenters. The standard InChI is InChI=1S/C17H18N2O4S/c1-11-5-3-4-6-15(11)23-10-16(21)19-17(24)18-13-9-12(22-2)7-8-14(13)20/h3-9,20H,10H2,1-2H3,(H2,18,19,21,24). The van der Waals surface area contributed by atoms with Crippen LogP contribution >= 0.6 is 12.2 Å². The zero-order valence-corrected chi connectivity index (χ0v) is 14.1. The molecule has 0 aromatic heterocycles. The lowest BCUT2D eigenvalue weighted by atomic mass is 10.2. The summed E-state index contributed by atoms with van der Waals surface area (Å²) in [5.41, 5.74) is 1.27. The number of amides is 1. The van der Waals surface area contributed by atoms with E-state index in [0.717, 1.165) is 5.56 Å². The lowest BCUT2D eigenvalue weighted by Gasteiger charge is -2.13. The predicted molar refractivity (Wildman–Crippen MR) is 95.7 cm³/mol. The number of aromatic hydroxyl groups is 1. The van der Waals surface area contributed by atoms with Gasteiger partial charge < -0.3 is 19.9 Å². The Balaban J connectivity index is 1.88. The van der Waals surface area contributed by atoms with Crippen LogP contribution in [-0.4, -0.2) is 29.8 Å². The van der Waals surface area contributed by atoms with Gasteiger partial charge in [-0.3, -0.25) is 10.1 Å². The molecular formula is C17H18N2O4S. The third-order valence-corrected chi connectivity index (χ3v) is 3.36. The summed E-state index contributed by atoms with van der Waals surface area (Å²) in [6.45, 7) is 1.72. The monoisotopic (exact) mass is 346 g/mol. The van der Waals surface area contributed by atoms with Gasteiger partial charge >= 0.3 is 0 Å². The number of thiocarbonyl (C=S) groups is 1. The molecule has 0 heterocycles. The number of nitrogens with one attached hydrogen (secondary N) is 2. The average Bonchev–Trinajstić information content (AvgIpc) is 2.56. The Bertz CT molecular complexity index is 749. The Hall–Kier alpha value is -2.80. The smallest absolute Gasteiger partial charge is 0.264 e. The van der Waals surface area contributed by atoms with Crippen molar-refractivity contribution in [3.63, 3.8) is 0 Å². The van der Waals surface area contributed by atoms with E-state index >= 15 is 0 Å². The van der Waals surface area contributed by atoms with E-state index in [0.29, 0.717) is 17.2 Å². The molecule has 2 aromatic rings. The minimum Gasteiger partial charge on any atom is -0.506 e. The summed E-state index contributed by atoms with van der Waals surface area (Å²) in [5.74, 6) is 0.769. The van der Waals surface area contributed by atoms with E-state index in [-0.39, 0.29) is 17.5 Å². The van der Waals surface area contributed by atoms with Gasteiger partial charge in [0.05, 0.1) is 12.8 Å². The number of aryl methyl sites for hydroxylation is 1. The topological polar surface area (TPSA) is 79.8 Å². The maximum absolute atomic E-state index is 11.9. The minimum absolute atomic E-state index is 0.0106. The van der Waals surface area contributed by atoms with Gasteiger partial charge in [0, 0.05) is 6.07 Å². The normalized spacial score (nSPS) is 9.92. The van der Waals surface area contributed by atoms with Gasteiger partial charge in [-0.2, -0.15) is 0 Å². The van der Waals surface area contributed by atoms with E-state index in [2.05, 4.69) is 10.6 Å². The summed E-state index contributed by atoms with van der Waals surface area (Å²) in [6, 6.07) is 12.0. The first-order valence-corrected chi connectivity index (χ1v) is 7.56. The number of phenols is 1. The Kier molecular flexibility index (Phi) is 5.97. The highest BCUT2D eigenvalue weighted by atomic mass is 32.1. The quantitative estimate of drug-likeness (QED) is 0.570. The Morgan fingerprint density at radius 2 is 2.00 bits per heavy atom. The van der Waals surface area contributed by atoms with Crippen LogP contribution in [0.3, 0.4) is 0 Å². The van der Waals surface area contributed by atoms with Gasteiger partial charge in [-0.15, -0.1) is 0 Å². The highest BCUT2D eigenvalue weighted by molar-refractivity contribution is 7.80. The Morgan fingerprint density at radius 3 is 2.71 bits per heavy atom. The van der Waals surface area contributed by atoms with Crippen molar-refractivity contribution in [1.29, 1.82) is 0 Å². The van der Waals surface area contributed by atoms with Crippen LogP contribution < -0.4 is 20.1 Å². The summed E-state index contributed by atoms with van der Waals surface area (Å²) in [5, 5.41) is 15.1. The highest BCUT2D eigenvalue weighted by Crippen LogP contribution is 2.27. The molecule has 2 rings (SSSR count). The van der Waals surface area contributed by atoms with Crippen LogP contribution in [0.15, 0.2) is 42.5 Å². The zero-order chi connectivity index (χ0) is 17.5. The van der Waals surface area contributed by atoms with E-state index in [9.17, 15) is 9.90 Å². The molecule has 7 heteroatoms. The molecule has 0 radical (unpaired) electrons. The van der Waals surface area contributed by atoms with Crippen molar-refractivity contribution in [2.75, 3.05) is 19.0 Å². The van der Waals surface area contributed by atoms with E-state index in [4.69, 9.17) is 21.7 Å².